The number of hydrogen-bond donors (Lipinski definition) is 0. The van der Waals surface area contributed by atoms with E-state index in [1.54, 1.807) is 0 Å². The summed E-state index contributed by atoms with van der Waals surface area (Å²) < 4.78 is 0. The normalized spacial score (nSPS) is 13.5. The molecule has 0 heteroatoms. The number of allylic oxidation sites excluding steroid dienone is 6. The molecule has 0 heterocycles. The molecule has 0 aliphatic carbocycles. The van der Waals surface area contributed by atoms with Gasteiger partial charge in [0.05, 0.1) is 0 Å². The van der Waals surface area contributed by atoms with E-state index in [4.69, 9.17) is 0 Å². The van der Waals surface area contributed by atoms with Crippen molar-refractivity contribution in [2.75, 3.05) is 0 Å². The van der Waals surface area contributed by atoms with Gasteiger partial charge < -0.3 is 0 Å². The first-order valence-corrected chi connectivity index (χ1v) is 4.24. The van der Waals surface area contributed by atoms with E-state index in [-0.39, 0.29) is 0 Å². The highest BCUT2D eigenvalue weighted by Crippen LogP contribution is 2.01. The molecule has 0 bridgehead atoms. The van der Waals surface area contributed by atoms with Gasteiger partial charge in [-0.3, -0.25) is 0 Å². The van der Waals surface area contributed by atoms with Crippen LogP contribution in [0.15, 0.2) is 36.0 Å². The third kappa shape index (κ3) is 7.11. The lowest BCUT2D eigenvalue weighted by Crippen LogP contribution is -1.70. The summed E-state index contributed by atoms with van der Waals surface area (Å²) in [7, 11) is 0. The van der Waals surface area contributed by atoms with Crippen LogP contribution in [0.25, 0.3) is 0 Å². The zero-order chi connectivity index (χ0) is 8.53. The molecule has 11 heavy (non-hydrogen) atoms. The molecule has 0 atom stereocenters. The van der Waals surface area contributed by atoms with Crippen LogP contribution >= 0.6 is 0 Å². The van der Waals surface area contributed by atoms with Crippen LogP contribution in [0.1, 0.15) is 33.6 Å². The van der Waals surface area contributed by atoms with E-state index in [9.17, 15) is 0 Å². The second-order valence-electron chi connectivity index (χ2n) is 2.62. The van der Waals surface area contributed by atoms with E-state index in [1.807, 2.05) is 13.0 Å². The van der Waals surface area contributed by atoms with Gasteiger partial charge in [0.15, 0.2) is 0 Å². The highest BCUT2D eigenvalue weighted by atomic mass is 13.9. The maximum Gasteiger partial charge on any atom is -0.0138 e. The molecule has 0 aliphatic heterocycles. The number of rotatable bonds is 4. The highest BCUT2D eigenvalue weighted by molar-refractivity contribution is 5.12. The molecular weight excluding hydrogens is 132 g/mol. The Morgan fingerprint density at radius 2 is 2.00 bits per heavy atom. The number of hydrogen-bond acceptors (Lipinski definition) is 0. The van der Waals surface area contributed by atoms with Crippen molar-refractivity contribution >= 4 is 0 Å². The summed E-state index contributed by atoms with van der Waals surface area (Å²) in [5, 5.41) is 0. The maximum atomic E-state index is 2.22. The van der Waals surface area contributed by atoms with Gasteiger partial charge in [-0.25, -0.2) is 0 Å². The second-order valence-corrected chi connectivity index (χ2v) is 2.62. The molecule has 0 N–H and O–H groups in total. The van der Waals surface area contributed by atoms with Crippen molar-refractivity contribution in [2.45, 2.75) is 33.6 Å². The summed E-state index contributed by atoms with van der Waals surface area (Å²) in [6.45, 7) is 6.34. The fraction of sp³-hybridized carbons (Fsp3) is 0.455. The SMILES string of the molecule is C/C=C\C=C(C)C/C=C\CC. The van der Waals surface area contributed by atoms with E-state index in [2.05, 4.69) is 38.2 Å². The van der Waals surface area contributed by atoms with Crippen LogP contribution in [-0.2, 0) is 0 Å². The van der Waals surface area contributed by atoms with Crippen molar-refractivity contribution in [1.29, 1.82) is 0 Å². The van der Waals surface area contributed by atoms with Gasteiger partial charge in [0.25, 0.3) is 0 Å². The van der Waals surface area contributed by atoms with Gasteiger partial charge in [-0.2, -0.15) is 0 Å². The van der Waals surface area contributed by atoms with Gasteiger partial charge in [0, 0.05) is 0 Å². The van der Waals surface area contributed by atoms with E-state index in [1.165, 1.54) is 5.57 Å². The van der Waals surface area contributed by atoms with Crippen LogP contribution < -0.4 is 0 Å². The third-order valence-electron chi connectivity index (χ3n) is 1.42. The van der Waals surface area contributed by atoms with Crippen LogP contribution in [0.4, 0.5) is 0 Å². The Morgan fingerprint density at radius 1 is 1.27 bits per heavy atom. The Hall–Kier alpha value is -0.780. The van der Waals surface area contributed by atoms with E-state index >= 15 is 0 Å². The smallest absolute Gasteiger partial charge is 0.0138 e. The quantitative estimate of drug-likeness (QED) is 0.421. The van der Waals surface area contributed by atoms with Gasteiger partial charge >= 0.3 is 0 Å². The Balaban J connectivity index is 3.67. The molecule has 0 aliphatic rings. The largest absolute Gasteiger partial charge is 0.0885 e. The molecule has 0 aromatic rings. The summed E-state index contributed by atoms with van der Waals surface area (Å²) >= 11 is 0. The Labute approximate surface area is 70.3 Å². The van der Waals surface area contributed by atoms with Crippen LogP contribution in [0.3, 0.4) is 0 Å². The van der Waals surface area contributed by atoms with E-state index in [0.717, 1.165) is 12.8 Å². The van der Waals surface area contributed by atoms with Gasteiger partial charge in [-0.1, -0.05) is 42.9 Å². The summed E-state index contributed by atoms with van der Waals surface area (Å²) in [4.78, 5) is 0. The Morgan fingerprint density at radius 3 is 2.55 bits per heavy atom. The second kappa shape index (κ2) is 7.33. The summed E-state index contributed by atoms with van der Waals surface area (Å²) in [5.74, 6) is 0. The average Bonchev–Trinajstić information content (AvgIpc) is 2.01. The molecule has 0 aromatic carbocycles. The van der Waals surface area contributed by atoms with E-state index in [0.29, 0.717) is 0 Å². The summed E-state index contributed by atoms with van der Waals surface area (Å²) in [6.07, 6.45) is 12.9. The molecule has 0 saturated heterocycles. The fourth-order valence-corrected chi connectivity index (χ4v) is 0.764. The minimum Gasteiger partial charge on any atom is -0.0885 e. The summed E-state index contributed by atoms with van der Waals surface area (Å²) in [5.41, 5.74) is 1.41. The Kier molecular flexibility index (Phi) is 6.81. The lowest BCUT2D eigenvalue weighted by Gasteiger charge is -1.91. The predicted octanol–water partition coefficient (Wildman–Crippen LogP) is 3.87. The standard InChI is InChI=1S/C11H18/c1-4-6-8-10-11(3)9-7-5-2/h5-9H,4,10H2,1-3H3/b7-5-,8-6-,11-9?. The molecule has 0 aromatic heterocycles. The first-order chi connectivity index (χ1) is 5.31. The lowest BCUT2D eigenvalue weighted by molar-refractivity contribution is 1.16. The maximum absolute atomic E-state index is 2.22. The van der Waals surface area contributed by atoms with Gasteiger partial charge in [-0.15, -0.1) is 0 Å². The average molecular weight is 150 g/mol. The first kappa shape index (κ1) is 10.2. The predicted molar refractivity (Wildman–Crippen MR) is 52.6 cm³/mol. The minimum absolute atomic E-state index is 1.08. The van der Waals surface area contributed by atoms with Crippen LogP contribution in [0.2, 0.25) is 0 Å². The fourth-order valence-electron chi connectivity index (χ4n) is 0.764. The van der Waals surface area contributed by atoms with E-state index < -0.39 is 0 Å². The lowest BCUT2D eigenvalue weighted by atomic mass is 10.2. The molecule has 0 saturated carbocycles. The topological polar surface area (TPSA) is 0 Å². The molecule has 0 radical (unpaired) electrons. The van der Waals surface area contributed by atoms with Crippen LogP contribution in [0.5, 0.6) is 0 Å². The first-order valence-electron chi connectivity index (χ1n) is 4.24. The zero-order valence-corrected chi connectivity index (χ0v) is 7.80. The van der Waals surface area contributed by atoms with Crippen molar-refractivity contribution in [3.05, 3.63) is 36.0 Å². The molecule has 0 unspecified atom stereocenters. The highest BCUT2D eigenvalue weighted by Gasteiger charge is 1.80. The minimum atomic E-state index is 1.08. The van der Waals surface area contributed by atoms with Crippen LogP contribution in [-0.4, -0.2) is 0 Å². The van der Waals surface area contributed by atoms with Gasteiger partial charge in [0.2, 0.25) is 0 Å². The zero-order valence-electron chi connectivity index (χ0n) is 7.80. The van der Waals surface area contributed by atoms with Crippen LogP contribution in [0, 0.1) is 0 Å². The summed E-state index contributed by atoms with van der Waals surface area (Å²) in [6, 6.07) is 0. The molecule has 0 nitrogen and oxygen atoms in total. The third-order valence-corrected chi connectivity index (χ3v) is 1.42. The van der Waals surface area contributed by atoms with Crippen molar-refractivity contribution < 1.29 is 0 Å². The van der Waals surface area contributed by atoms with Crippen molar-refractivity contribution in [2.24, 2.45) is 0 Å². The molecule has 0 fully saturated rings. The van der Waals surface area contributed by atoms with Crippen molar-refractivity contribution in [1.82, 2.24) is 0 Å². The molecule has 62 valence electrons. The van der Waals surface area contributed by atoms with Crippen molar-refractivity contribution in [3.63, 3.8) is 0 Å². The molecule has 0 rings (SSSR count). The van der Waals surface area contributed by atoms with Gasteiger partial charge in [0.1, 0.15) is 0 Å². The molecule has 0 spiro atoms. The monoisotopic (exact) mass is 150 g/mol. The van der Waals surface area contributed by atoms with Gasteiger partial charge in [-0.05, 0) is 26.7 Å². The van der Waals surface area contributed by atoms with Crippen molar-refractivity contribution in [3.8, 4) is 0 Å². The molecular formula is C11H18. The molecule has 0 amide bonds. The Bertz CT molecular complexity index is 159.